The van der Waals surface area contributed by atoms with Crippen LogP contribution in [0.4, 0.5) is 0 Å². The topological polar surface area (TPSA) is 54.0 Å². The second kappa shape index (κ2) is 3.46. The lowest BCUT2D eigenvalue weighted by Gasteiger charge is -2.20. The molecule has 60 valence electrons. The van der Waals surface area contributed by atoms with Crippen molar-refractivity contribution >= 4 is 7.82 Å². The first-order valence-electron chi connectivity index (χ1n) is 3.06. The van der Waals surface area contributed by atoms with E-state index in [1.54, 1.807) is 0 Å². The molecule has 6 heteroatoms. The fourth-order valence-corrected chi connectivity index (χ4v) is 1.04. The molecule has 1 heterocycles. The molecule has 1 saturated heterocycles. The van der Waals surface area contributed by atoms with Gasteiger partial charge in [-0.15, -0.1) is 0 Å². The average molecular weight is 168 g/mol. The summed E-state index contributed by atoms with van der Waals surface area (Å²) in [6.45, 7) is 2.37. The Balaban J connectivity index is 2.07. The largest absolute Gasteiger partial charge is 0.533 e. The van der Waals surface area contributed by atoms with Crippen LogP contribution in [0.2, 0.25) is 0 Å². The minimum Gasteiger partial charge on any atom is -0.284 e. The van der Waals surface area contributed by atoms with Crippen LogP contribution >= 0.6 is 7.82 Å². The Kier molecular flexibility index (Phi) is 2.82. The van der Waals surface area contributed by atoms with Crippen LogP contribution in [-0.4, -0.2) is 6.61 Å². The minimum atomic E-state index is -3.24. The average Bonchev–Trinajstić information content (AvgIpc) is 1.85. The maximum atomic E-state index is 10.8. The number of phosphoric acid groups is 1. The first kappa shape index (κ1) is 8.17. The molecule has 10 heavy (non-hydrogen) atoms. The van der Waals surface area contributed by atoms with E-state index < -0.39 is 7.82 Å². The molecule has 1 aliphatic heterocycles. The van der Waals surface area contributed by atoms with E-state index in [1.807, 2.05) is 6.92 Å². The van der Waals surface area contributed by atoms with E-state index in [2.05, 4.69) is 14.4 Å². The highest BCUT2D eigenvalue weighted by Crippen LogP contribution is 2.57. The van der Waals surface area contributed by atoms with Gasteiger partial charge >= 0.3 is 7.82 Å². The molecular formula is C4H9O5P. The molecule has 0 aliphatic carbocycles. The molecule has 0 aromatic rings. The summed E-state index contributed by atoms with van der Waals surface area (Å²) in [7, 11) is -3.24. The third kappa shape index (κ3) is 2.04. The van der Waals surface area contributed by atoms with Crippen molar-refractivity contribution < 1.29 is 23.5 Å². The Labute approximate surface area is 58.7 Å². The van der Waals surface area contributed by atoms with E-state index in [4.69, 9.17) is 4.52 Å². The standard InChI is InChI=1S/C4H9O5P/c1-2-3-4-6-10(5)8-7-9-10/h2-4H2,1H3. The van der Waals surface area contributed by atoms with Crippen LogP contribution in [0.3, 0.4) is 0 Å². The monoisotopic (exact) mass is 168 g/mol. The van der Waals surface area contributed by atoms with Gasteiger partial charge in [-0.3, -0.25) is 4.52 Å². The molecule has 1 aliphatic rings. The lowest BCUT2D eigenvalue weighted by Crippen LogP contribution is -2.10. The van der Waals surface area contributed by atoms with Crippen LogP contribution < -0.4 is 0 Å². The van der Waals surface area contributed by atoms with Gasteiger partial charge in [-0.2, -0.15) is 0 Å². The van der Waals surface area contributed by atoms with Gasteiger partial charge in [0.2, 0.25) is 0 Å². The van der Waals surface area contributed by atoms with Crippen molar-refractivity contribution in [2.24, 2.45) is 0 Å². The van der Waals surface area contributed by atoms with Crippen molar-refractivity contribution in [1.82, 2.24) is 0 Å². The van der Waals surface area contributed by atoms with Gasteiger partial charge in [0.25, 0.3) is 0 Å². The first-order chi connectivity index (χ1) is 4.77. The summed E-state index contributed by atoms with van der Waals surface area (Å²) in [5, 5.41) is 3.78. The van der Waals surface area contributed by atoms with Crippen molar-refractivity contribution in [3.63, 3.8) is 0 Å². The normalized spacial score (nSPS) is 22.1. The molecule has 0 amide bonds. The number of hydrogen-bond donors (Lipinski definition) is 0. The third-order valence-corrected chi connectivity index (χ3v) is 1.98. The minimum absolute atomic E-state index is 0.372. The van der Waals surface area contributed by atoms with Crippen LogP contribution in [0.25, 0.3) is 0 Å². The van der Waals surface area contributed by atoms with Crippen LogP contribution in [0.15, 0.2) is 0 Å². The van der Waals surface area contributed by atoms with E-state index >= 15 is 0 Å². The second-order valence-electron chi connectivity index (χ2n) is 1.85. The Hall–Kier alpha value is 0.0700. The number of hydrogen-bond acceptors (Lipinski definition) is 5. The Morgan fingerprint density at radius 3 is 2.60 bits per heavy atom. The van der Waals surface area contributed by atoms with Gasteiger partial charge in [-0.1, -0.05) is 22.7 Å². The van der Waals surface area contributed by atoms with Gasteiger partial charge in [0.05, 0.1) is 6.61 Å². The Morgan fingerprint density at radius 1 is 1.50 bits per heavy atom. The van der Waals surface area contributed by atoms with Crippen molar-refractivity contribution in [3.8, 4) is 0 Å². The molecule has 0 unspecified atom stereocenters. The van der Waals surface area contributed by atoms with Crippen LogP contribution in [0.1, 0.15) is 19.8 Å². The zero-order valence-electron chi connectivity index (χ0n) is 5.61. The molecule has 1 fully saturated rings. The molecule has 0 spiro atoms. The van der Waals surface area contributed by atoms with Gasteiger partial charge in [0.1, 0.15) is 0 Å². The molecule has 0 saturated carbocycles. The smallest absolute Gasteiger partial charge is 0.284 e. The molecule has 0 atom stereocenters. The summed E-state index contributed by atoms with van der Waals surface area (Å²) in [5.74, 6) is 0. The Bertz CT molecular complexity index is 139. The summed E-state index contributed by atoms with van der Waals surface area (Å²) in [6, 6.07) is 0. The summed E-state index contributed by atoms with van der Waals surface area (Å²) in [5.41, 5.74) is 0. The molecule has 0 aromatic heterocycles. The highest BCUT2D eigenvalue weighted by atomic mass is 31.2. The maximum absolute atomic E-state index is 10.8. The second-order valence-corrected chi connectivity index (χ2v) is 3.30. The number of rotatable bonds is 4. The lowest BCUT2D eigenvalue weighted by atomic mass is 10.4. The van der Waals surface area contributed by atoms with Crippen molar-refractivity contribution in [3.05, 3.63) is 0 Å². The van der Waals surface area contributed by atoms with Gasteiger partial charge in [0, 0.05) is 0 Å². The van der Waals surface area contributed by atoms with Gasteiger partial charge < -0.3 is 0 Å². The summed E-state index contributed by atoms with van der Waals surface area (Å²) in [4.78, 5) is 0. The fourth-order valence-electron chi connectivity index (χ4n) is 0.444. The maximum Gasteiger partial charge on any atom is 0.533 e. The van der Waals surface area contributed by atoms with E-state index in [-0.39, 0.29) is 0 Å². The quantitative estimate of drug-likeness (QED) is 0.364. The molecule has 1 rings (SSSR count). The fraction of sp³-hybridized carbons (Fsp3) is 1.00. The molecular weight excluding hydrogens is 159 g/mol. The van der Waals surface area contributed by atoms with E-state index in [1.165, 1.54) is 0 Å². The summed E-state index contributed by atoms with van der Waals surface area (Å²) in [6.07, 6.45) is 1.80. The SMILES string of the molecule is CCCCOP1(=O)OOO1. The predicted molar refractivity (Wildman–Crippen MR) is 31.7 cm³/mol. The van der Waals surface area contributed by atoms with Crippen LogP contribution in [0, 0.1) is 0 Å². The zero-order chi connectivity index (χ0) is 7.45. The van der Waals surface area contributed by atoms with Gasteiger partial charge in [-0.25, -0.2) is 4.57 Å². The number of unbranched alkanes of at least 4 members (excludes halogenated alkanes) is 1. The lowest BCUT2D eigenvalue weighted by molar-refractivity contribution is -0.499. The van der Waals surface area contributed by atoms with E-state index in [9.17, 15) is 4.57 Å². The van der Waals surface area contributed by atoms with Crippen molar-refractivity contribution in [1.29, 1.82) is 0 Å². The van der Waals surface area contributed by atoms with Crippen molar-refractivity contribution in [2.45, 2.75) is 19.8 Å². The Morgan fingerprint density at radius 2 is 2.20 bits per heavy atom. The third-order valence-electron chi connectivity index (χ3n) is 0.991. The summed E-state index contributed by atoms with van der Waals surface area (Å²) < 4.78 is 23.6. The molecule has 5 nitrogen and oxygen atoms in total. The van der Waals surface area contributed by atoms with Gasteiger partial charge in [0.15, 0.2) is 0 Å². The predicted octanol–water partition coefficient (Wildman–Crippen LogP) is 1.80. The van der Waals surface area contributed by atoms with E-state index in [0.29, 0.717) is 6.61 Å². The van der Waals surface area contributed by atoms with Gasteiger partial charge in [-0.05, 0) is 11.5 Å². The van der Waals surface area contributed by atoms with Crippen LogP contribution in [-0.2, 0) is 23.5 Å². The molecule has 0 bridgehead atoms. The zero-order valence-corrected chi connectivity index (χ0v) is 6.50. The van der Waals surface area contributed by atoms with Crippen molar-refractivity contribution in [2.75, 3.05) is 6.61 Å². The molecule has 0 N–H and O–H groups in total. The highest BCUT2D eigenvalue weighted by molar-refractivity contribution is 7.48. The molecule has 0 radical (unpaired) electrons. The summed E-state index contributed by atoms with van der Waals surface area (Å²) >= 11 is 0. The highest BCUT2D eigenvalue weighted by Gasteiger charge is 2.40. The molecule has 0 aromatic carbocycles. The van der Waals surface area contributed by atoms with Crippen LogP contribution in [0.5, 0.6) is 0 Å². The first-order valence-corrected chi connectivity index (χ1v) is 4.52. The van der Waals surface area contributed by atoms with E-state index in [0.717, 1.165) is 12.8 Å².